The van der Waals surface area contributed by atoms with Crippen LogP contribution in [0.1, 0.15) is 68.1 Å². The Morgan fingerprint density at radius 1 is 1.11 bits per heavy atom. The Morgan fingerprint density at radius 2 is 1.75 bits per heavy atom. The molecule has 2 aliphatic rings. The van der Waals surface area contributed by atoms with Crippen molar-refractivity contribution in [3.63, 3.8) is 0 Å². The lowest BCUT2D eigenvalue weighted by atomic mass is 9.89. The second kappa shape index (κ2) is 9.27. The van der Waals surface area contributed by atoms with Crippen LogP contribution in [0.25, 0.3) is 0 Å². The van der Waals surface area contributed by atoms with Crippen LogP contribution in [0.5, 0.6) is 5.75 Å². The Morgan fingerprint density at radius 3 is 2.39 bits per heavy atom. The predicted octanol–water partition coefficient (Wildman–Crippen LogP) is 3.57. The van der Waals surface area contributed by atoms with Gasteiger partial charge in [0.2, 0.25) is 10.0 Å². The summed E-state index contributed by atoms with van der Waals surface area (Å²) in [5.41, 5.74) is 0.380. The van der Waals surface area contributed by atoms with Gasteiger partial charge in [0.05, 0.1) is 7.11 Å². The molecule has 0 aliphatic heterocycles. The molecular weight excluding hydrogens is 376 g/mol. The number of benzene rings is 1. The Labute approximate surface area is 168 Å². The highest BCUT2D eigenvalue weighted by Gasteiger charge is 2.27. The number of ether oxygens (including phenoxy) is 1. The molecule has 0 aromatic heterocycles. The number of amides is 1. The molecule has 0 unspecified atom stereocenters. The third-order valence-electron chi connectivity index (χ3n) is 5.98. The van der Waals surface area contributed by atoms with Gasteiger partial charge >= 0.3 is 0 Å². The van der Waals surface area contributed by atoms with Crippen molar-refractivity contribution in [1.82, 2.24) is 9.62 Å². The minimum Gasteiger partial charge on any atom is -0.495 e. The van der Waals surface area contributed by atoms with E-state index in [9.17, 15) is 13.2 Å². The summed E-state index contributed by atoms with van der Waals surface area (Å²) in [6.07, 6.45) is 9.82. The van der Waals surface area contributed by atoms with E-state index in [2.05, 4.69) is 4.72 Å². The molecule has 3 rings (SSSR count). The minimum absolute atomic E-state index is 0.0389. The highest BCUT2D eigenvalue weighted by Crippen LogP contribution is 2.28. The molecule has 0 atom stereocenters. The first kappa shape index (κ1) is 21.1. The van der Waals surface area contributed by atoms with E-state index < -0.39 is 10.0 Å². The van der Waals surface area contributed by atoms with Gasteiger partial charge in [-0.2, -0.15) is 0 Å². The molecule has 2 saturated carbocycles. The quantitative estimate of drug-likeness (QED) is 0.748. The van der Waals surface area contributed by atoms with E-state index in [1.54, 1.807) is 24.1 Å². The van der Waals surface area contributed by atoms with Crippen LogP contribution in [0.15, 0.2) is 23.1 Å². The molecule has 1 aromatic carbocycles. The number of carbonyl (C=O) groups excluding carboxylic acids is 1. The zero-order valence-electron chi connectivity index (χ0n) is 16.9. The van der Waals surface area contributed by atoms with Crippen molar-refractivity contribution in [3.8, 4) is 5.75 Å². The van der Waals surface area contributed by atoms with Gasteiger partial charge in [-0.15, -0.1) is 0 Å². The van der Waals surface area contributed by atoms with E-state index >= 15 is 0 Å². The smallest absolute Gasteiger partial charge is 0.253 e. The molecule has 156 valence electrons. The van der Waals surface area contributed by atoms with Gasteiger partial charge in [-0.05, 0) is 49.8 Å². The van der Waals surface area contributed by atoms with Crippen molar-refractivity contribution in [1.29, 1.82) is 0 Å². The van der Waals surface area contributed by atoms with E-state index in [1.165, 1.54) is 32.4 Å². The summed E-state index contributed by atoms with van der Waals surface area (Å²) in [5, 5.41) is 0. The molecular formula is C21H32N2O4S. The lowest BCUT2D eigenvalue weighted by Crippen LogP contribution is -2.34. The van der Waals surface area contributed by atoms with Crippen molar-refractivity contribution < 1.29 is 17.9 Å². The van der Waals surface area contributed by atoms with Gasteiger partial charge in [0.1, 0.15) is 10.6 Å². The van der Waals surface area contributed by atoms with E-state index in [-0.39, 0.29) is 22.6 Å². The molecule has 1 aromatic rings. The minimum atomic E-state index is -3.74. The fraction of sp³-hybridized carbons (Fsp3) is 0.667. The molecule has 1 amide bonds. The maximum Gasteiger partial charge on any atom is 0.253 e. The summed E-state index contributed by atoms with van der Waals surface area (Å²) >= 11 is 0. The molecule has 2 fully saturated rings. The summed E-state index contributed by atoms with van der Waals surface area (Å²) < 4.78 is 33.9. The standard InChI is InChI=1S/C21H32N2O4S/c1-23(15-16-8-4-3-5-9-16)21(24)17-12-13-19(27-2)20(14-17)28(25,26)22-18-10-6-7-11-18/h12-14,16,18,22H,3-11,15H2,1-2H3. The lowest BCUT2D eigenvalue weighted by Gasteiger charge is -2.27. The first-order valence-electron chi connectivity index (χ1n) is 10.4. The number of hydrogen-bond acceptors (Lipinski definition) is 4. The highest BCUT2D eigenvalue weighted by molar-refractivity contribution is 7.89. The molecule has 2 aliphatic carbocycles. The van der Waals surface area contributed by atoms with E-state index in [0.717, 1.165) is 38.5 Å². The first-order chi connectivity index (χ1) is 13.4. The molecule has 1 N–H and O–H groups in total. The van der Waals surface area contributed by atoms with Crippen molar-refractivity contribution in [3.05, 3.63) is 23.8 Å². The summed E-state index contributed by atoms with van der Waals surface area (Å²) in [6, 6.07) is 4.64. The highest BCUT2D eigenvalue weighted by atomic mass is 32.2. The van der Waals surface area contributed by atoms with Crippen molar-refractivity contribution in [2.24, 2.45) is 5.92 Å². The summed E-state index contributed by atoms with van der Waals surface area (Å²) in [7, 11) is -0.498. The Bertz CT molecular complexity index is 782. The first-order valence-corrected chi connectivity index (χ1v) is 11.8. The van der Waals surface area contributed by atoms with Crippen molar-refractivity contribution >= 4 is 15.9 Å². The van der Waals surface area contributed by atoms with Crippen LogP contribution in [-0.2, 0) is 10.0 Å². The third-order valence-corrected chi connectivity index (χ3v) is 7.52. The summed E-state index contributed by atoms with van der Waals surface area (Å²) in [5.74, 6) is 0.649. The second-order valence-corrected chi connectivity index (χ2v) is 9.84. The van der Waals surface area contributed by atoms with Crippen LogP contribution in [0.3, 0.4) is 0 Å². The maximum absolute atomic E-state index is 12.9. The zero-order valence-corrected chi connectivity index (χ0v) is 17.8. The number of methoxy groups -OCH3 is 1. The van der Waals surface area contributed by atoms with Gasteiger partial charge < -0.3 is 9.64 Å². The summed E-state index contributed by atoms with van der Waals surface area (Å²) in [4.78, 5) is 14.7. The average molecular weight is 409 g/mol. The number of nitrogens with one attached hydrogen (secondary N) is 1. The molecule has 28 heavy (non-hydrogen) atoms. The lowest BCUT2D eigenvalue weighted by molar-refractivity contribution is 0.0760. The van der Waals surface area contributed by atoms with E-state index in [4.69, 9.17) is 4.74 Å². The molecule has 0 heterocycles. The SMILES string of the molecule is COc1ccc(C(=O)N(C)CC2CCCCC2)cc1S(=O)(=O)NC1CCCC1. The van der Waals surface area contributed by atoms with Gasteiger partial charge in [0, 0.05) is 25.2 Å². The van der Waals surface area contributed by atoms with Gasteiger partial charge in [0.25, 0.3) is 5.91 Å². The van der Waals surface area contributed by atoms with Crippen LogP contribution < -0.4 is 9.46 Å². The monoisotopic (exact) mass is 408 g/mol. The van der Waals surface area contributed by atoms with Crippen LogP contribution >= 0.6 is 0 Å². The van der Waals surface area contributed by atoms with Crippen molar-refractivity contribution in [2.45, 2.75) is 68.7 Å². The number of rotatable bonds is 7. The van der Waals surface area contributed by atoms with Crippen molar-refractivity contribution in [2.75, 3.05) is 20.7 Å². The second-order valence-electron chi connectivity index (χ2n) is 8.16. The van der Waals surface area contributed by atoms with Gasteiger partial charge in [-0.25, -0.2) is 13.1 Å². The number of carbonyl (C=O) groups is 1. The number of hydrogen-bond donors (Lipinski definition) is 1. The molecule has 0 saturated heterocycles. The molecule has 7 heteroatoms. The fourth-order valence-electron chi connectivity index (χ4n) is 4.41. The predicted molar refractivity (Wildman–Crippen MR) is 109 cm³/mol. The van der Waals surface area contributed by atoms with Crippen LogP contribution in [-0.4, -0.2) is 46.0 Å². The maximum atomic E-state index is 12.9. The van der Waals surface area contributed by atoms with Gasteiger partial charge in [-0.1, -0.05) is 32.1 Å². The molecule has 0 spiro atoms. The fourth-order valence-corrected chi connectivity index (χ4v) is 5.91. The number of nitrogens with zero attached hydrogens (tertiary/aromatic N) is 1. The van der Waals surface area contributed by atoms with Gasteiger partial charge in [0.15, 0.2) is 0 Å². The van der Waals surface area contributed by atoms with Crippen LogP contribution in [0, 0.1) is 5.92 Å². The molecule has 0 bridgehead atoms. The topological polar surface area (TPSA) is 75.7 Å². The van der Waals surface area contributed by atoms with Gasteiger partial charge in [-0.3, -0.25) is 4.79 Å². The van der Waals surface area contributed by atoms with Crippen LogP contribution in [0.4, 0.5) is 0 Å². The van der Waals surface area contributed by atoms with E-state index in [1.807, 2.05) is 0 Å². The molecule has 6 nitrogen and oxygen atoms in total. The van der Waals surface area contributed by atoms with Crippen LogP contribution in [0.2, 0.25) is 0 Å². The largest absolute Gasteiger partial charge is 0.495 e. The Balaban J connectivity index is 1.78. The van der Waals surface area contributed by atoms with E-state index in [0.29, 0.717) is 18.0 Å². The average Bonchev–Trinajstić information content (AvgIpc) is 3.20. The normalized spacial score (nSPS) is 18.9. The zero-order chi connectivity index (χ0) is 20.1. The molecule has 0 radical (unpaired) electrons. The Kier molecular flexibility index (Phi) is 6.99. The number of sulfonamides is 1. The summed E-state index contributed by atoms with van der Waals surface area (Å²) in [6.45, 7) is 0.716. The Hall–Kier alpha value is -1.60. The third kappa shape index (κ3) is 5.06.